The van der Waals surface area contributed by atoms with Crippen molar-refractivity contribution in [2.45, 2.75) is 6.42 Å². The van der Waals surface area contributed by atoms with E-state index in [-0.39, 0.29) is 5.69 Å². The van der Waals surface area contributed by atoms with Gasteiger partial charge in [-0.25, -0.2) is 9.78 Å². The fourth-order valence-electron chi connectivity index (χ4n) is 2.10. The van der Waals surface area contributed by atoms with Gasteiger partial charge in [0.25, 0.3) is 0 Å². The maximum atomic E-state index is 10.8. The van der Waals surface area contributed by atoms with Crippen molar-refractivity contribution in [1.82, 2.24) is 4.98 Å². The van der Waals surface area contributed by atoms with Crippen LogP contribution in [0.5, 0.6) is 0 Å². The van der Waals surface area contributed by atoms with Gasteiger partial charge in [0, 0.05) is 6.42 Å². The Hall–Kier alpha value is -2.62. The van der Waals surface area contributed by atoms with Crippen molar-refractivity contribution >= 4 is 16.7 Å². The van der Waals surface area contributed by atoms with Crippen LogP contribution in [0.25, 0.3) is 10.8 Å². The van der Waals surface area contributed by atoms with E-state index in [0.29, 0.717) is 12.3 Å². The Morgan fingerprint density at radius 1 is 1.16 bits per heavy atom. The van der Waals surface area contributed by atoms with Crippen LogP contribution >= 0.6 is 0 Å². The highest BCUT2D eigenvalue weighted by Crippen LogP contribution is 2.21. The molecule has 0 unspecified atom stereocenters. The molecule has 1 N–H and O–H groups in total. The monoisotopic (exact) mass is 253 g/mol. The van der Waals surface area contributed by atoms with E-state index in [9.17, 15) is 4.79 Å². The first-order valence-electron chi connectivity index (χ1n) is 5.88. The van der Waals surface area contributed by atoms with Gasteiger partial charge in [0.05, 0.1) is 0 Å². The summed E-state index contributed by atoms with van der Waals surface area (Å²) in [5, 5.41) is 11.1. The second-order valence-electron chi connectivity index (χ2n) is 4.25. The molecule has 94 valence electrons. The average molecular weight is 253 g/mol. The van der Waals surface area contributed by atoms with Crippen LogP contribution in [0.2, 0.25) is 0 Å². The number of carboxylic acid groups (broad SMARTS) is 1. The Labute approximate surface area is 109 Å². The van der Waals surface area contributed by atoms with Gasteiger partial charge in [0.2, 0.25) is 0 Å². The van der Waals surface area contributed by atoms with E-state index in [1.807, 2.05) is 42.5 Å². The molecule has 0 fully saturated rings. The largest absolute Gasteiger partial charge is 0.476 e. The van der Waals surface area contributed by atoms with Crippen LogP contribution in [0.3, 0.4) is 0 Å². The second kappa shape index (κ2) is 4.57. The number of hydrogen-bond acceptors (Lipinski definition) is 3. The van der Waals surface area contributed by atoms with Crippen LogP contribution in [0, 0.1) is 0 Å². The van der Waals surface area contributed by atoms with Crippen LogP contribution in [0.1, 0.15) is 21.9 Å². The number of carboxylic acids is 1. The van der Waals surface area contributed by atoms with Crippen LogP contribution in [-0.2, 0) is 6.42 Å². The highest BCUT2D eigenvalue weighted by molar-refractivity contribution is 5.86. The molecule has 1 aromatic heterocycles. The van der Waals surface area contributed by atoms with E-state index < -0.39 is 5.97 Å². The summed E-state index contributed by atoms with van der Waals surface area (Å²) >= 11 is 0. The zero-order valence-corrected chi connectivity index (χ0v) is 10.0. The van der Waals surface area contributed by atoms with Crippen molar-refractivity contribution in [2.24, 2.45) is 0 Å². The van der Waals surface area contributed by atoms with Crippen molar-refractivity contribution in [3.05, 3.63) is 65.9 Å². The molecule has 0 radical (unpaired) electrons. The lowest BCUT2D eigenvalue weighted by molar-refractivity contribution is 0.0690. The van der Waals surface area contributed by atoms with Crippen molar-refractivity contribution in [3.63, 3.8) is 0 Å². The first kappa shape index (κ1) is 11.5. The molecule has 0 bridgehead atoms. The first-order valence-corrected chi connectivity index (χ1v) is 5.88. The van der Waals surface area contributed by atoms with E-state index in [1.54, 1.807) is 0 Å². The number of fused-ring (bicyclic) bond motifs is 1. The average Bonchev–Trinajstić information content (AvgIpc) is 2.88. The molecule has 0 spiro atoms. The zero-order chi connectivity index (χ0) is 13.2. The number of nitrogens with zero attached hydrogens (tertiary/aromatic N) is 1. The molecule has 2 aromatic carbocycles. The summed E-state index contributed by atoms with van der Waals surface area (Å²) in [6, 6.07) is 14.0. The fraction of sp³-hybridized carbons (Fsp3) is 0.0667. The third-order valence-electron chi connectivity index (χ3n) is 2.99. The van der Waals surface area contributed by atoms with E-state index in [1.165, 1.54) is 6.26 Å². The predicted molar refractivity (Wildman–Crippen MR) is 70.2 cm³/mol. The molecule has 3 rings (SSSR count). The van der Waals surface area contributed by atoms with Gasteiger partial charge in [0.1, 0.15) is 6.26 Å². The molecule has 19 heavy (non-hydrogen) atoms. The molecule has 0 aliphatic rings. The molecule has 0 aliphatic carbocycles. The molecule has 0 saturated carbocycles. The number of aromatic carboxylic acids is 1. The lowest BCUT2D eigenvalue weighted by Gasteiger charge is -2.03. The van der Waals surface area contributed by atoms with Gasteiger partial charge in [-0.05, 0) is 16.3 Å². The number of carbonyl (C=O) groups is 1. The standard InChI is InChI=1S/C15H11NO3/c17-15(18)13-9-19-14(16-13)8-11-6-3-5-10-4-1-2-7-12(10)11/h1-7,9H,8H2,(H,17,18). The van der Waals surface area contributed by atoms with Crippen LogP contribution < -0.4 is 0 Å². The smallest absolute Gasteiger partial charge is 0.357 e. The molecule has 0 aliphatic heterocycles. The van der Waals surface area contributed by atoms with E-state index in [4.69, 9.17) is 9.52 Å². The molecule has 0 amide bonds. The minimum absolute atomic E-state index is 0.0600. The fourth-order valence-corrected chi connectivity index (χ4v) is 2.10. The summed E-state index contributed by atoms with van der Waals surface area (Å²) in [5.74, 6) is -0.665. The van der Waals surface area contributed by atoms with Crippen molar-refractivity contribution in [2.75, 3.05) is 0 Å². The van der Waals surface area contributed by atoms with Gasteiger partial charge in [0.15, 0.2) is 11.6 Å². The number of benzene rings is 2. The van der Waals surface area contributed by atoms with Crippen molar-refractivity contribution in [3.8, 4) is 0 Å². The maximum absolute atomic E-state index is 10.8. The highest BCUT2D eigenvalue weighted by Gasteiger charge is 2.11. The SMILES string of the molecule is O=C(O)c1coc(Cc2cccc3ccccc23)n1. The summed E-state index contributed by atoms with van der Waals surface area (Å²) < 4.78 is 5.19. The Balaban J connectivity index is 1.98. The second-order valence-corrected chi connectivity index (χ2v) is 4.25. The quantitative estimate of drug-likeness (QED) is 0.779. The first-order chi connectivity index (χ1) is 9.24. The lowest BCUT2D eigenvalue weighted by atomic mass is 10.0. The van der Waals surface area contributed by atoms with Crippen molar-refractivity contribution in [1.29, 1.82) is 0 Å². The summed E-state index contributed by atoms with van der Waals surface area (Å²) in [5.41, 5.74) is 1.01. The number of hydrogen-bond donors (Lipinski definition) is 1. The van der Waals surface area contributed by atoms with Gasteiger partial charge < -0.3 is 9.52 Å². The summed E-state index contributed by atoms with van der Waals surface area (Å²) in [6.07, 6.45) is 1.65. The van der Waals surface area contributed by atoms with E-state index >= 15 is 0 Å². The third-order valence-corrected chi connectivity index (χ3v) is 2.99. The molecule has 3 aromatic rings. The molecule has 0 saturated heterocycles. The van der Waals surface area contributed by atoms with Gasteiger partial charge in [-0.2, -0.15) is 0 Å². The van der Waals surface area contributed by atoms with Gasteiger partial charge in [-0.15, -0.1) is 0 Å². The topological polar surface area (TPSA) is 63.3 Å². The van der Waals surface area contributed by atoms with Crippen LogP contribution in [-0.4, -0.2) is 16.1 Å². The minimum atomic E-state index is -1.08. The molecule has 4 heteroatoms. The van der Waals surface area contributed by atoms with Gasteiger partial charge in [-0.3, -0.25) is 0 Å². The van der Waals surface area contributed by atoms with E-state index in [0.717, 1.165) is 16.3 Å². The summed E-state index contributed by atoms with van der Waals surface area (Å²) in [6.45, 7) is 0. The third kappa shape index (κ3) is 2.20. The number of oxazole rings is 1. The number of rotatable bonds is 3. The van der Waals surface area contributed by atoms with Gasteiger partial charge >= 0.3 is 5.97 Å². The molecule has 4 nitrogen and oxygen atoms in total. The predicted octanol–water partition coefficient (Wildman–Crippen LogP) is 3.12. The van der Waals surface area contributed by atoms with Gasteiger partial charge in [-0.1, -0.05) is 42.5 Å². The molecule has 1 heterocycles. The summed E-state index contributed by atoms with van der Waals surface area (Å²) in [4.78, 5) is 14.7. The molecular formula is C15H11NO3. The van der Waals surface area contributed by atoms with Crippen LogP contribution in [0.15, 0.2) is 53.1 Å². The van der Waals surface area contributed by atoms with E-state index in [2.05, 4.69) is 4.98 Å². The minimum Gasteiger partial charge on any atom is -0.476 e. The Bertz CT molecular complexity index is 740. The normalized spacial score (nSPS) is 10.7. The maximum Gasteiger partial charge on any atom is 0.357 e. The zero-order valence-electron chi connectivity index (χ0n) is 10.0. The van der Waals surface area contributed by atoms with Crippen LogP contribution in [0.4, 0.5) is 0 Å². The number of aromatic nitrogens is 1. The molecular weight excluding hydrogens is 242 g/mol. The summed E-state index contributed by atoms with van der Waals surface area (Å²) in [7, 11) is 0. The molecule has 0 atom stereocenters. The Kier molecular flexibility index (Phi) is 2.76. The highest BCUT2D eigenvalue weighted by atomic mass is 16.4. The lowest BCUT2D eigenvalue weighted by Crippen LogP contribution is -1.97. The van der Waals surface area contributed by atoms with Crippen molar-refractivity contribution < 1.29 is 14.3 Å². The Morgan fingerprint density at radius 3 is 2.74 bits per heavy atom. The Morgan fingerprint density at radius 2 is 1.95 bits per heavy atom.